The second kappa shape index (κ2) is 7.98. The van der Waals surface area contributed by atoms with E-state index in [0.29, 0.717) is 11.4 Å². The Hall–Kier alpha value is -2.58. The smallest absolute Gasteiger partial charge is 0.332 e. The fourth-order valence-corrected chi connectivity index (χ4v) is 3.13. The molecule has 146 valence electrons. The highest BCUT2D eigenvalue weighted by atomic mass is 19.4. The van der Waals surface area contributed by atoms with Gasteiger partial charge in [-0.1, -0.05) is 18.6 Å². The van der Waals surface area contributed by atoms with Crippen molar-refractivity contribution in [3.8, 4) is 0 Å². The molecule has 1 aromatic carbocycles. The summed E-state index contributed by atoms with van der Waals surface area (Å²) in [6.45, 7) is 2.81. The molecule has 0 radical (unpaired) electrons. The second-order valence-corrected chi connectivity index (χ2v) is 6.66. The molecule has 1 atom stereocenters. The van der Waals surface area contributed by atoms with Crippen molar-refractivity contribution < 1.29 is 18.0 Å². The number of halogens is 3. The monoisotopic (exact) mass is 381 g/mol. The standard InChI is InChI=1S/C18H22F3N5O/c1-12(13-6-8-14(9-7-13)18(19,20)21)23-17(27)22-11-16-25-24-15-5-3-2-4-10-26(15)16/h6-9,12H,2-5,10-11H2,1H3,(H2,22,23,27). The molecular weight excluding hydrogens is 359 g/mol. The summed E-state index contributed by atoms with van der Waals surface area (Å²) in [5, 5.41) is 13.8. The lowest BCUT2D eigenvalue weighted by Gasteiger charge is -2.16. The summed E-state index contributed by atoms with van der Waals surface area (Å²) in [6.07, 6.45) is -0.166. The zero-order chi connectivity index (χ0) is 19.4. The number of carbonyl (C=O) groups excluding carboxylic acids is 1. The minimum Gasteiger partial charge on any atom is -0.332 e. The van der Waals surface area contributed by atoms with Gasteiger partial charge in [0.25, 0.3) is 0 Å². The number of benzene rings is 1. The van der Waals surface area contributed by atoms with Crippen LogP contribution in [0.4, 0.5) is 18.0 Å². The zero-order valence-corrected chi connectivity index (χ0v) is 15.0. The van der Waals surface area contributed by atoms with Crippen molar-refractivity contribution in [3.63, 3.8) is 0 Å². The summed E-state index contributed by atoms with van der Waals surface area (Å²) >= 11 is 0. The molecule has 0 spiro atoms. The predicted molar refractivity (Wildman–Crippen MR) is 92.8 cm³/mol. The van der Waals surface area contributed by atoms with E-state index in [1.54, 1.807) is 6.92 Å². The van der Waals surface area contributed by atoms with Crippen LogP contribution in [-0.4, -0.2) is 20.8 Å². The van der Waals surface area contributed by atoms with E-state index in [9.17, 15) is 18.0 Å². The first-order chi connectivity index (χ1) is 12.8. The number of urea groups is 1. The fraction of sp³-hybridized carbons (Fsp3) is 0.500. The molecule has 1 aromatic heterocycles. The maximum atomic E-state index is 12.6. The molecule has 2 amide bonds. The first kappa shape index (κ1) is 19.2. The van der Waals surface area contributed by atoms with Gasteiger partial charge in [0, 0.05) is 13.0 Å². The number of nitrogens with one attached hydrogen (secondary N) is 2. The topological polar surface area (TPSA) is 71.8 Å². The molecule has 2 heterocycles. The number of rotatable bonds is 4. The van der Waals surface area contributed by atoms with Crippen LogP contribution < -0.4 is 10.6 Å². The van der Waals surface area contributed by atoms with Crippen molar-refractivity contribution in [2.45, 2.75) is 57.9 Å². The van der Waals surface area contributed by atoms with Crippen molar-refractivity contribution in [2.75, 3.05) is 0 Å². The van der Waals surface area contributed by atoms with Crippen LogP contribution in [-0.2, 0) is 25.7 Å². The largest absolute Gasteiger partial charge is 0.416 e. The van der Waals surface area contributed by atoms with Crippen LogP contribution in [0.15, 0.2) is 24.3 Å². The molecule has 6 nitrogen and oxygen atoms in total. The Morgan fingerprint density at radius 3 is 2.63 bits per heavy atom. The third-order valence-corrected chi connectivity index (χ3v) is 4.68. The zero-order valence-electron chi connectivity index (χ0n) is 15.0. The van der Waals surface area contributed by atoms with E-state index in [0.717, 1.165) is 50.2 Å². The number of aryl methyl sites for hydroxylation is 1. The van der Waals surface area contributed by atoms with Crippen LogP contribution in [0.1, 0.15) is 55.0 Å². The molecule has 2 aromatic rings. The Kier molecular flexibility index (Phi) is 5.67. The molecule has 1 unspecified atom stereocenters. The van der Waals surface area contributed by atoms with Gasteiger partial charge in [0.1, 0.15) is 5.82 Å². The van der Waals surface area contributed by atoms with Crippen LogP contribution in [0, 0.1) is 0 Å². The van der Waals surface area contributed by atoms with E-state index in [2.05, 4.69) is 20.8 Å². The van der Waals surface area contributed by atoms with Gasteiger partial charge in [-0.05, 0) is 37.5 Å². The van der Waals surface area contributed by atoms with Gasteiger partial charge >= 0.3 is 12.2 Å². The van der Waals surface area contributed by atoms with E-state index in [4.69, 9.17) is 0 Å². The molecule has 1 aliphatic rings. The summed E-state index contributed by atoms with van der Waals surface area (Å²) < 4.78 is 39.9. The Balaban J connectivity index is 1.54. The van der Waals surface area contributed by atoms with Gasteiger partial charge in [-0.15, -0.1) is 10.2 Å². The minimum absolute atomic E-state index is 0.249. The average Bonchev–Trinajstić information content (AvgIpc) is 2.85. The molecule has 0 saturated carbocycles. The van der Waals surface area contributed by atoms with Gasteiger partial charge in [0.15, 0.2) is 5.82 Å². The number of hydrogen-bond acceptors (Lipinski definition) is 3. The van der Waals surface area contributed by atoms with E-state index in [1.165, 1.54) is 12.1 Å². The highest BCUT2D eigenvalue weighted by Crippen LogP contribution is 2.29. The summed E-state index contributed by atoms with van der Waals surface area (Å²) in [6, 6.07) is 3.92. The lowest BCUT2D eigenvalue weighted by atomic mass is 10.1. The van der Waals surface area contributed by atoms with Crippen molar-refractivity contribution >= 4 is 6.03 Å². The van der Waals surface area contributed by atoms with Crippen molar-refractivity contribution in [3.05, 3.63) is 47.0 Å². The molecule has 0 bridgehead atoms. The van der Waals surface area contributed by atoms with E-state index >= 15 is 0 Å². The van der Waals surface area contributed by atoms with Gasteiger partial charge in [0.2, 0.25) is 0 Å². The number of alkyl halides is 3. The van der Waals surface area contributed by atoms with Crippen LogP contribution >= 0.6 is 0 Å². The quantitative estimate of drug-likeness (QED) is 0.850. The number of fused-ring (bicyclic) bond motifs is 1. The molecular formula is C18H22F3N5O. The van der Waals surface area contributed by atoms with Gasteiger partial charge < -0.3 is 15.2 Å². The van der Waals surface area contributed by atoms with Gasteiger partial charge in [-0.2, -0.15) is 13.2 Å². The van der Waals surface area contributed by atoms with Crippen molar-refractivity contribution in [1.29, 1.82) is 0 Å². The van der Waals surface area contributed by atoms with E-state index in [-0.39, 0.29) is 6.54 Å². The average molecular weight is 381 g/mol. The Labute approximate surface area is 155 Å². The molecule has 27 heavy (non-hydrogen) atoms. The Morgan fingerprint density at radius 2 is 1.93 bits per heavy atom. The Morgan fingerprint density at radius 1 is 1.19 bits per heavy atom. The third kappa shape index (κ3) is 4.78. The highest BCUT2D eigenvalue weighted by Gasteiger charge is 2.30. The maximum absolute atomic E-state index is 12.6. The first-order valence-electron chi connectivity index (χ1n) is 8.97. The molecule has 3 rings (SSSR count). The Bertz CT molecular complexity index is 785. The summed E-state index contributed by atoms with van der Waals surface area (Å²) in [4.78, 5) is 12.1. The number of nitrogens with zero attached hydrogens (tertiary/aromatic N) is 3. The van der Waals surface area contributed by atoms with Crippen LogP contribution in [0.2, 0.25) is 0 Å². The summed E-state index contributed by atoms with van der Waals surface area (Å²) in [7, 11) is 0. The summed E-state index contributed by atoms with van der Waals surface area (Å²) in [5.74, 6) is 1.66. The SMILES string of the molecule is CC(NC(=O)NCc1nnc2n1CCCCC2)c1ccc(C(F)(F)F)cc1. The second-order valence-electron chi connectivity index (χ2n) is 6.66. The van der Waals surface area contributed by atoms with Crippen LogP contribution in [0.5, 0.6) is 0 Å². The third-order valence-electron chi connectivity index (χ3n) is 4.68. The van der Waals surface area contributed by atoms with Gasteiger partial charge in [-0.25, -0.2) is 4.79 Å². The van der Waals surface area contributed by atoms with Gasteiger partial charge in [-0.3, -0.25) is 0 Å². The molecule has 0 saturated heterocycles. The number of carbonyl (C=O) groups is 1. The number of hydrogen-bond donors (Lipinski definition) is 2. The van der Waals surface area contributed by atoms with Gasteiger partial charge in [0.05, 0.1) is 18.2 Å². The van der Waals surface area contributed by atoms with Crippen molar-refractivity contribution in [1.82, 2.24) is 25.4 Å². The van der Waals surface area contributed by atoms with Crippen LogP contribution in [0.25, 0.3) is 0 Å². The number of aromatic nitrogens is 3. The molecule has 0 aliphatic carbocycles. The lowest BCUT2D eigenvalue weighted by molar-refractivity contribution is -0.137. The highest BCUT2D eigenvalue weighted by molar-refractivity contribution is 5.74. The van der Waals surface area contributed by atoms with Crippen LogP contribution in [0.3, 0.4) is 0 Å². The molecule has 2 N–H and O–H groups in total. The molecule has 0 fully saturated rings. The first-order valence-corrected chi connectivity index (χ1v) is 8.97. The maximum Gasteiger partial charge on any atom is 0.416 e. The molecule has 1 aliphatic heterocycles. The van der Waals surface area contributed by atoms with Crippen molar-refractivity contribution in [2.24, 2.45) is 0 Å². The summed E-state index contributed by atoms with van der Waals surface area (Å²) in [5.41, 5.74) is -0.120. The fourth-order valence-electron chi connectivity index (χ4n) is 3.13. The minimum atomic E-state index is -4.37. The van der Waals surface area contributed by atoms with E-state index < -0.39 is 23.8 Å². The van der Waals surface area contributed by atoms with E-state index in [1.807, 2.05) is 4.57 Å². The predicted octanol–water partition coefficient (Wildman–Crippen LogP) is 3.58. The molecule has 9 heteroatoms. The normalized spacial score (nSPS) is 15.6. The number of amides is 2. The lowest BCUT2D eigenvalue weighted by Crippen LogP contribution is -2.37.